The monoisotopic (exact) mass is 481 g/mol. The van der Waals surface area contributed by atoms with Gasteiger partial charge in [0.1, 0.15) is 11.6 Å². The SMILES string of the molecule is Cn1c(-c2cncc(C(=O)C(C)(C)C)c2)nc2c1c(=O)n(CCCCC(=O)C(C)(C)C)c(=O)n2C. The number of carbonyl (C=O) groups excluding carboxylic acids is 2. The van der Waals surface area contributed by atoms with Crippen LogP contribution in [0.2, 0.25) is 0 Å². The smallest absolute Gasteiger partial charge is 0.321 e. The second-order valence-corrected chi connectivity index (χ2v) is 11.1. The third-order valence-electron chi connectivity index (χ3n) is 6.17. The number of nitrogens with zero attached hydrogens (tertiary/aromatic N) is 5. The predicted octanol–water partition coefficient (Wildman–Crippen LogP) is 3.51. The Labute approximate surface area is 204 Å². The van der Waals surface area contributed by atoms with Gasteiger partial charge in [-0.3, -0.25) is 28.5 Å². The topological polar surface area (TPSA) is 109 Å². The number of aryl methyl sites for hydroxylation is 2. The van der Waals surface area contributed by atoms with Gasteiger partial charge in [-0.25, -0.2) is 9.78 Å². The van der Waals surface area contributed by atoms with E-state index in [1.54, 1.807) is 30.9 Å². The van der Waals surface area contributed by atoms with E-state index in [4.69, 9.17) is 0 Å². The van der Waals surface area contributed by atoms with Crippen LogP contribution >= 0.6 is 0 Å². The van der Waals surface area contributed by atoms with Crippen LogP contribution < -0.4 is 11.2 Å². The molecule has 0 N–H and O–H groups in total. The summed E-state index contributed by atoms with van der Waals surface area (Å²) in [7, 11) is 3.29. The molecule has 0 fully saturated rings. The molecule has 35 heavy (non-hydrogen) atoms. The minimum Gasteiger partial charge on any atom is -0.321 e. The number of imidazole rings is 1. The van der Waals surface area contributed by atoms with Crippen LogP contribution in [0.1, 0.15) is 71.2 Å². The summed E-state index contributed by atoms with van der Waals surface area (Å²) in [5.74, 6) is 0.548. The van der Waals surface area contributed by atoms with Crippen molar-refractivity contribution in [1.29, 1.82) is 0 Å². The quantitative estimate of drug-likeness (QED) is 0.377. The molecular weight excluding hydrogens is 446 g/mol. The summed E-state index contributed by atoms with van der Waals surface area (Å²) < 4.78 is 4.20. The lowest BCUT2D eigenvalue weighted by atomic mass is 9.87. The number of unbranched alkanes of at least 4 members (excludes halogenated alkanes) is 1. The Morgan fingerprint density at radius 1 is 0.914 bits per heavy atom. The van der Waals surface area contributed by atoms with Crippen LogP contribution in [0, 0.1) is 10.8 Å². The molecule has 0 aliphatic carbocycles. The van der Waals surface area contributed by atoms with Crippen molar-refractivity contribution < 1.29 is 9.59 Å². The summed E-state index contributed by atoms with van der Waals surface area (Å²) in [6, 6.07) is 1.71. The van der Waals surface area contributed by atoms with E-state index < -0.39 is 22.1 Å². The molecule has 0 aliphatic rings. The highest BCUT2D eigenvalue weighted by molar-refractivity contribution is 6.00. The molecule has 0 radical (unpaired) electrons. The molecule has 0 bridgehead atoms. The van der Waals surface area contributed by atoms with Gasteiger partial charge in [-0.15, -0.1) is 0 Å². The van der Waals surface area contributed by atoms with Gasteiger partial charge >= 0.3 is 5.69 Å². The fourth-order valence-electron chi connectivity index (χ4n) is 3.95. The molecule has 3 aromatic rings. The van der Waals surface area contributed by atoms with Gasteiger partial charge in [-0.1, -0.05) is 41.5 Å². The zero-order valence-electron chi connectivity index (χ0n) is 21.9. The standard InChI is InChI=1S/C26H35N5O4/c1-25(2,3)18(32)11-9-10-12-31-23(34)19-22(30(8)24(31)35)28-21(29(19)7)17-13-16(14-27-15-17)20(33)26(4,5)6/h13-15H,9-12H2,1-8H3. The molecule has 9 nitrogen and oxygen atoms in total. The molecule has 0 atom stereocenters. The third kappa shape index (κ3) is 5.18. The fourth-order valence-corrected chi connectivity index (χ4v) is 3.95. The first-order chi connectivity index (χ1) is 16.1. The van der Waals surface area contributed by atoms with E-state index in [0.29, 0.717) is 41.7 Å². The van der Waals surface area contributed by atoms with Crippen LogP contribution in [0.15, 0.2) is 28.0 Å². The van der Waals surface area contributed by atoms with E-state index in [2.05, 4.69) is 9.97 Å². The molecule has 0 aromatic carbocycles. The molecule has 3 heterocycles. The van der Waals surface area contributed by atoms with Gasteiger partial charge in [0.2, 0.25) is 0 Å². The van der Waals surface area contributed by atoms with Gasteiger partial charge in [-0.2, -0.15) is 0 Å². The van der Waals surface area contributed by atoms with E-state index in [0.717, 1.165) is 0 Å². The van der Waals surface area contributed by atoms with Crippen LogP contribution in [-0.2, 0) is 25.4 Å². The van der Waals surface area contributed by atoms with Crippen LogP contribution in [-0.4, -0.2) is 35.2 Å². The van der Waals surface area contributed by atoms with Crippen molar-refractivity contribution in [1.82, 2.24) is 23.7 Å². The highest BCUT2D eigenvalue weighted by atomic mass is 16.2. The zero-order valence-corrected chi connectivity index (χ0v) is 21.9. The van der Waals surface area contributed by atoms with Gasteiger partial charge in [0.25, 0.3) is 5.56 Å². The summed E-state index contributed by atoms with van der Waals surface area (Å²) >= 11 is 0. The van der Waals surface area contributed by atoms with Crippen molar-refractivity contribution in [3.8, 4) is 11.4 Å². The highest BCUT2D eigenvalue weighted by Gasteiger charge is 2.25. The molecule has 9 heteroatoms. The number of ketones is 2. The van der Waals surface area contributed by atoms with Crippen LogP contribution in [0.25, 0.3) is 22.6 Å². The predicted molar refractivity (Wildman–Crippen MR) is 136 cm³/mol. The van der Waals surface area contributed by atoms with E-state index in [1.807, 2.05) is 41.5 Å². The van der Waals surface area contributed by atoms with E-state index in [-0.39, 0.29) is 23.8 Å². The number of pyridine rings is 1. The molecule has 3 aromatic heterocycles. The van der Waals surface area contributed by atoms with Gasteiger partial charge < -0.3 is 4.57 Å². The fraction of sp³-hybridized carbons (Fsp3) is 0.538. The normalized spacial score (nSPS) is 12.3. The van der Waals surface area contributed by atoms with E-state index in [1.165, 1.54) is 15.3 Å². The lowest BCUT2D eigenvalue weighted by molar-refractivity contribution is -0.126. The Morgan fingerprint density at radius 3 is 2.17 bits per heavy atom. The van der Waals surface area contributed by atoms with Gasteiger partial charge in [-0.05, 0) is 18.9 Å². The van der Waals surface area contributed by atoms with Gasteiger partial charge in [0.15, 0.2) is 16.9 Å². The van der Waals surface area contributed by atoms with E-state index in [9.17, 15) is 19.2 Å². The largest absolute Gasteiger partial charge is 0.332 e. The minimum atomic E-state index is -0.568. The van der Waals surface area contributed by atoms with Crippen molar-refractivity contribution >= 4 is 22.7 Å². The van der Waals surface area contributed by atoms with E-state index >= 15 is 0 Å². The van der Waals surface area contributed by atoms with Crippen LogP contribution in [0.4, 0.5) is 0 Å². The summed E-state index contributed by atoms with van der Waals surface area (Å²) in [6.45, 7) is 11.4. The number of rotatable bonds is 7. The molecule has 0 spiro atoms. The van der Waals surface area contributed by atoms with Crippen LogP contribution in [0.3, 0.4) is 0 Å². The summed E-state index contributed by atoms with van der Waals surface area (Å²) in [6.07, 6.45) is 4.65. The molecule has 3 rings (SSSR count). The number of aromatic nitrogens is 5. The van der Waals surface area contributed by atoms with Crippen LogP contribution in [0.5, 0.6) is 0 Å². The first-order valence-corrected chi connectivity index (χ1v) is 11.8. The van der Waals surface area contributed by atoms with Crippen molar-refractivity contribution in [3.63, 3.8) is 0 Å². The lowest BCUT2D eigenvalue weighted by Crippen LogP contribution is -2.39. The maximum absolute atomic E-state index is 13.3. The molecule has 0 aliphatic heterocycles. The second kappa shape index (κ2) is 9.36. The Balaban J connectivity index is 1.99. The maximum atomic E-state index is 13.3. The Hall–Kier alpha value is -3.36. The molecular formula is C26H35N5O4. The number of hydrogen-bond donors (Lipinski definition) is 0. The lowest BCUT2D eigenvalue weighted by Gasteiger charge is -2.16. The maximum Gasteiger partial charge on any atom is 0.332 e. The second-order valence-electron chi connectivity index (χ2n) is 11.1. The molecule has 188 valence electrons. The molecule has 0 saturated carbocycles. The Bertz CT molecular complexity index is 1410. The average molecular weight is 482 g/mol. The number of carbonyl (C=O) groups is 2. The average Bonchev–Trinajstić information content (AvgIpc) is 3.12. The molecule has 0 unspecified atom stereocenters. The number of hydrogen-bond acceptors (Lipinski definition) is 6. The molecule has 0 amide bonds. The number of Topliss-reactive ketones (excluding diaryl/α,β-unsaturated/α-hetero) is 2. The summed E-state index contributed by atoms with van der Waals surface area (Å²) in [5.41, 5.74) is -0.256. The Morgan fingerprint density at radius 2 is 1.57 bits per heavy atom. The van der Waals surface area contributed by atoms with Gasteiger partial charge in [0.05, 0.1) is 0 Å². The minimum absolute atomic E-state index is 0.0506. The first-order valence-electron chi connectivity index (χ1n) is 11.8. The first kappa shape index (κ1) is 26.2. The highest BCUT2D eigenvalue weighted by Crippen LogP contribution is 2.25. The van der Waals surface area contributed by atoms with Crippen molar-refractivity contribution in [2.45, 2.75) is 67.3 Å². The van der Waals surface area contributed by atoms with Gasteiger partial charge in [0, 0.05) is 61.4 Å². The van der Waals surface area contributed by atoms with Crippen molar-refractivity contribution in [3.05, 3.63) is 44.9 Å². The third-order valence-corrected chi connectivity index (χ3v) is 6.17. The van der Waals surface area contributed by atoms with Crippen molar-refractivity contribution in [2.75, 3.05) is 0 Å². The number of fused-ring (bicyclic) bond motifs is 1. The Kier molecular flexibility index (Phi) is 7.02. The molecule has 0 saturated heterocycles. The van der Waals surface area contributed by atoms with Crippen molar-refractivity contribution in [2.24, 2.45) is 24.9 Å². The summed E-state index contributed by atoms with van der Waals surface area (Å²) in [4.78, 5) is 60.0. The zero-order chi connectivity index (χ0) is 26.3. The summed E-state index contributed by atoms with van der Waals surface area (Å²) in [5, 5.41) is 0.